The fourth-order valence-electron chi connectivity index (χ4n) is 0.878. The highest BCUT2D eigenvalue weighted by Gasteiger charge is 2.02. The predicted octanol–water partition coefficient (Wildman–Crippen LogP) is -2.89. The zero-order valence-corrected chi connectivity index (χ0v) is 11.6. The van der Waals surface area contributed by atoms with Gasteiger partial charge in [0.25, 0.3) is 0 Å². The Labute approximate surface area is 110 Å². The number of hydrogen-bond donors (Lipinski definition) is 0. The van der Waals surface area contributed by atoms with Crippen LogP contribution in [0.25, 0.3) is 4.61 Å². The van der Waals surface area contributed by atoms with E-state index in [-0.39, 0.29) is 0 Å². The Morgan fingerprint density at radius 1 is 1.24 bits per heavy atom. The lowest BCUT2D eigenvalue weighted by Crippen LogP contribution is -2.68. The van der Waals surface area contributed by atoms with Crippen molar-refractivity contribution in [3.63, 3.8) is 0 Å². The zero-order chi connectivity index (χ0) is 13.6. The van der Waals surface area contributed by atoms with E-state index in [0.717, 1.165) is 4.61 Å². The van der Waals surface area contributed by atoms with Crippen LogP contribution < -0.4 is 28.1 Å². The first kappa shape index (κ1) is 16.3. The van der Waals surface area contributed by atoms with E-state index in [1.54, 1.807) is 0 Å². The molecule has 0 N–H and O–H groups in total. The van der Waals surface area contributed by atoms with Crippen molar-refractivity contribution in [3.05, 3.63) is 31.1 Å². The van der Waals surface area contributed by atoms with Gasteiger partial charge in [0.1, 0.15) is 0 Å². The first-order valence-corrected chi connectivity index (χ1v) is 6.29. The standard InChI is InChI=1S/C9H12BrN2.ClHO4/c1-8(10)12-6-4-9(5-7-12)11(2)3;2-1(3,4)5/h4-7H,1H2,2-3H3;(H,2,3,4,5)/q+1;/p-1. The molecule has 0 aliphatic heterocycles. The van der Waals surface area contributed by atoms with Crippen LogP contribution in [0.5, 0.6) is 0 Å². The minimum atomic E-state index is -4.94. The highest BCUT2D eigenvalue weighted by atomic mass is 79.9. The van der Waals surface area contributed by atoms with Crippen LogP contribution in [0.2, 0.25) is 0 Å². The summed E-state index contributed by atoms with van der Waals surface area (Å²) in [6.07, 6.45) is 3.93. The minimum absolute atomic E-state index is 0.841. The lowest BCUT2D eigenvalue weighted by Gasteiger charge is -2.17. The van der Waals surface area contributed by atoms with E-state index in [9.17, 15) is 0 Å². The third-order valence-electron chi connectivity index (χ3n) is 1.61. The monoisotopic (exact) mass is 326 g/mol. The molecule has 8 heteroatoms. The van der Waals surface area contributed by atoms with Gasteiger partial charge in [-0.1, -0.05) is 0 Å². The molecule has 0 unspecified atom stereocenters. The van der Waals surface area contributed by atoms with Crippen molar-refractivity contribution < 1.29 is 33.4 Å². The van der Waals surface area contributed by atoms with Crippen LogP contribution in [0.3, 0.4) is 0 Å². The normalized spacial score (nSPS) is 10.3. The van der Waals surface area contributed by atoms with E-state index in [4.69, 9.17) is 18.6 Å². The Hall–Kier alpha value is -0.700. The molecule has 0 saturated heterocycles. The number of pyridine rings is 1. The van der Waals surface area contributed by atoms with Crippen LogP contribution in [0, 0.1) is 10.2 Å². The summed E-state index contributed by atoms with van der Waals surface area (Å²) in [4.78, 5) is 2.06. The summed E-state index contributed by atoms with van der Waals surface area (Å²) in [5.41, 5.74) is 1.18. The number of aromatic nitrogens is 1. The van der Waals surface area contributed by atoms with Crippen molar-refractivity contribution in [2.45, 2.75) is 0 Å². The van der Waals surface area contributed by atoms with Gasteiger partial charge in [0.15, 0.2) is 12.4 Å². The van der Waals surface area contributed by atoms with Gasteiger partial charge in [0.2, 0.25) is 4.61 Å². The van der Waals surface area contributed by atoms with E-state index < -0.39 is 10.2 Å². The summed E-state index contributed by atoms with van der Waals surface area (Å²) < 4.78 is 36.7. The Balaban J connectivity index is 0.000000437. The smallest absolute Gasteiger partial charge is 0.245 e. The molecule has 0 atom stereocenters. The van der Waals surface area contributed by atoms with Gasteiger partial charge in [0, 0.05) is 47.8 Å². The Morgan fingerprint density at radius 3 is 1.82 bits per heavy atom. The molecule has 96 valence electrons. The van der Waals surface area contributed by atoms with Crippen LogP contribution in [0.1, 0.15) is 0 Å². The second-order valence-corrected chi connectivity index (χ2v) is 4.78. The summed E-state index contributed by atoms with van der Waals surface area (Å²) >= 11 is 3.30. The molecule has 0 aliphatic rings. The van der Waals surface area contributed by atoms with Crippen molar-refractivity contribution >= 4 is 26.2 Å². The van der Waals surface area contributed by atoms with E-state index in [2.05, 4.69) is 27.4 Å². The molecule has 1 rings (SSSR count). The third-order valence-corrected chi connectivity index (χ3v) is 2.02. The number of nitrogens with zero attached hydrogens (tertiary/aromatic N) is 2. The highest BCUT2D eigenvalue weighted by Crippen LogP contribution is 2.08. The SMILES string of the molecule is C=C(Br)[n+]1ccc(N(C)C)cc1.[O-][Cl+3]([O-])([O-])[O-]. The van der Waals surface area contributed by atoms with Crippen LogP contribution in [-0.2, 0) is 0 Å². The maximum Gasteiger partial charge on any atom is 0.245 e. The molecule has 0 bridgehead atoms. The summed E-state index contributed by atoms with van der Waals surface area (Å²) in [5, 5.41) is 0. The molecule has 0 saturated carbocycles. The molecular weight excluding hydrogens is 315 g/mol. The molecule has 0 fully saturated rings. The van der Waals surface area contributed by atoms with Gasteiger partial charge in [-0.05, 0) is 6.58 Å². The first-order chi connectivity index (χ1) is 7.61. The first-order valence-electron chi connectivity index (χ1n) is 4.26. The van der Waals surface area contributed by atoms with Crippen molar-refractivity contribution in [1.29, 1.82) is 0 Å². The molecule has 0 aromatic carbocycles. The maximum atomic E-state index is 8.49. The number of halogens is 2. The summed E-state index contributed by atoms with van der Waals surface area (Å²) in [6.45, 7) is 3.77. The molecule has 6 nitrogen and oxygen atoms in total. The molecule has 1 heterocycles. The highest BCUT2D eigenvalue weighted by molar-refractivity contribution is 9.14. The largest absolute Gasteiger partial charge is 0.377 e. The van der Waals surface area contributed by atoms with Gasteiger partial charge in [-0.15, -0.1) is 10.2 Å². The fourth-order valence-corrected chi connectivity index (χ4v) is 1.11. The lowest BCUT2D eigenvalue weighted by atomic mass is 10.4. The molecule has 0 amide bonds. The number of hydrogen-bond acceptors (Lipinski definition) is 5. The third kappa shape index (κ3) is 9.04. The minimum Gasteiger partial charge on any atom is -0.377 e. The van der Waals surface area contributed by atoms with Gasteiger partial charge < -0.3 is 4.90 Å². The van der Waals surface area contributed by atoms with E-state index in [1.165, 1.54) is 5.69 Å². The molecular formula is C9H12BrClN2O4. The summed E-state index contributed by atoms with van der Waals surface area (Å²) in [7, 11) is -0.911. The molecule has 1 aromatic heterocycles. The molecule has 0 aliphatic carbocycles. The van der Waals surface area contributed by atoms with Gasteiger partial charge in [-0.25, -0.2) is 18.6 Å². The van der Waals surface area contributed by atoms with Crippen molar-refractivity contribution in [1.82, 2.24) is 0 Å². The predicted molar refractivity (Wildman–Crippen MR) is 55.2 cm³/mol. The maximum absolute atomic E-state index is 8.49. The molecule has 1 aromatic rings. The lowest BCUT2D eigenvalue weighted by molar-refractivity contribution is -2.00. The average Bonchev–Trinajstić information content (AvgIpc) is 2.15. The van der Waals surface area contributed by atoms with E-state index in [1.807, 2.05) is 43.2 Å². The van der Waals surface area contributed by atoms with E-state index in [0.29, 0.717) is 0 Å². The van der Waals surface area contributed by atoms with Crippen LogP contribution in [0.15, 0.2) is 31.1 Å². The van der Waals surface area contributed by atoms with Crippen molar-refractivity contribution in [3.8, 4) is 0 Å². The molecule has 0 spiro atoms. The quantitative estimate of drug-likeness (QED) is 0.543. The van der Waals surface area contributed by atoms with E-state index >= 15 is 0 Å². The van der Waals surface area contributed by atoms with Crippen molar-refractivity contribution in [2.75, 3.05) is 19.0 Å². The van der Waals surface area contributed by atoms with Gasteiger partial charge in [-0.2, -0.15) is 4.57 Å². The van der Waals surface area contributed by atoms with Gasteiger partial charge >= 0.3 is 0 Å². The average molecular weight is 328 g/mol. The van der Waals surface area contributed by atoms with Gasteiger partial charge in [0.05, 0.1) is 0 Å². The molecule has 0 radical (unpaired) electrons. The van der Waals surface area contributed by atoms with Gasteiger partial charge in [-0.3, -0.25) is 0 Å². The molecule has 17 heavy (non-hydrogen) atoms. The second kappa shape index (κ2) is 6.90. The zero-order valence-electron chi connectivity index (χ0n) is 9.30. The number of rotatable bonds is 2. The fraction of sp³-hybridized carbons (Fsp3) is 0.222. The Morgan fingerprint density at radius 2 is 1.59 bits per heavy atom. The summed E-state index contributed by atoms with van der Waals surface area (Å²) in [6, 6.07) is 4.07. The Kier molecular flexibility index (Phi) is 6.61. The van der Waals surface area contributed by atoms with Crippen LogP contribution in [-0.4, -0.2) is 14.1 Å². The van der Waals surface area contributed by atoms with Crippen molar-refractivity contribution in [2.24, 2.45) is 0 Å². The second-order valence-electron chi connectivity index (χ2n) is 3.11. The summed E-state index contributed by atoms with van der Waals surface area (Å²) in [5.74, 6) is 0. The Bertz CT molecular complexity index is 358. The van der Waals surface area contributed by atoms with Crippen LogP contribution >= 0.6 is 15.9 Å². The van der Waals surface area contributed by atoms with Crippen LogP contribution in [0.4, 0.5) is 5.69 Å². The topological polar surface area (TPSA) is 99.4 Å². The number of anilines is 1.